The van der Waals surface area contributed by atoms with Gasteiger partial charge in [-0.25, -0.2) is 4.98 Å². The summed E-state index contributed by atoms with van der Waals surface area (Å²) < 4.78 is 48.9. The zero-order chi connectivity index (χ0) is 16.2. The Morgan fingerprint density at radius 3 is 2.52 bits per heavy atom. The standard InChI is InChI=1S/C12H14ClF3N2O3/c1-6(2)20-3-4-21-11-9(10(17)19)7(12(14,15)16)5-8(13)18-11/h5-6H,3-4H2,1-2H3,(H2,17,19). The van der Waals surface area contributed by atoms with Gasteiger partial charge in [-0.3, -0.25) is 4.79 Å². The van der Waals surface area contributed by atoms with Crippen molar-refractivity contribution in [1.82, 2.24) is 4.98 Å². The Balaban J connectivity index is 3.07. The van der Waals surface area contributed by atoms with Crippen molar-refractivity contribution in [3.63, 3.8) is 0 Å². The van der Waals surface area contributed by atoms with Gasteiger partial charge in [0.2, 0.25) is 5.88 Å². The first-order valence-electron chi connectivity index (χ1n) is 5.95. The molecule has 0 aliphatic carbocycles. The van der Waals surface area contributed by atoms with Crippen LogP contribution in [-0.4, -0.2) is 30.2 Å². The van der Waals surface area contributed by atoms with Crippen LogP contribution in [-0.2, 0) is 10.9 Å². The summed E-state index contributed by atoms with van der Waals surface area (Å²) in [5, 5.41) is -0.452. The summed E-state index contributed by atoms with van der Waals surface area (Å²) in [6.45, 7) is 3.59. The van der Waals surface area contributed by atoms with Crippen molar-refractivity contribution in [1.29, 1.82) is 0 Å². The van der Waals surface area contributed by atoms with Crippen LogP contribution in [0.5, 0.6) is 5.88 Å². The second-order valence-corrected chi connectivity index (χ2v) is 4.69. The summed E-state index contributed by atoms with van der Waals surface area (Å²) in [6, 6.07) is 0.527. The van der Waals surface area contributed by atoms with Crippen molar-refractivity contribution in [3.05, 3.63) is 22.3 Å². The highest BCUT2D eigenvalue weighted by atomic mass is 35.5. The molecule has 0 saturated carbocycles. The molecule has 5 nitrogen and oxygen atoms in total. The van der Waals surface area contributed by atoms with Gasteiger partial charge in [-0.15, -0.1) is 0 Å². The largest absolute Gasteiger partial charge is 0.475 e. The minimum absolute atomic E-state index is 0.0673. The van der Waals surface area contributed by atoms with E-state index < -0.39 is 34.2 Å². The molecule has 1 aromatic rings. The molecule has 1 aromatic heterocycles. The van der Waals surface area contributed by atoms with E-state index in [0.29, 0.717) is 6.07 Å². The summed E-state index contributed by atoms with van der Waals surface area (Å²) in [4.78, 5) is 14.8. The van der Waals surface area contributed by atoms with Gasteiger partial charge in [0.05, 0.1) is 18.3 Å². The van der Waals surface area contributed by atoms with Crippen molar-refractivity contribution in [3.8, 4) is 5.88 Å². The third-order valence-corrected chi connectivity index (χ3v) is 2.47. The molecule has 0 atom stereocenters. The molecule has 1 amide bonds. The van der Waals surface area contributed by atoms with Gasteiger partial charge in [0.25, 0.3) is 5.91 Å². The minimum Gasteiger partial charge on any atom is -0.475 e. The Hall–Kier alpha value is -1.54. The number of carbonyl (C=O) groups excluding carboxylic acids is 1. The number of primary amides is 1. The van der Waals surface area contributed by atoms with Gasteiger partial charge in [0, 0.05) is 0 Å². The summed E-state index contributed by atoms with van der Waals surface area (Å²) in [7, 11) is 0. The van der Waals surface area contributed by atoms with Gasteiger partial charge in [0.15, 0.2) is 0 Å². The van der Waals surface area contributed by atoms with Gasteiger partial charge in [-0.05, 0) is 19.9 Å². The number of ether oxygens (including phenoxy) is 2. The van der Waals surface area contributed by atoms with E-state index in [9.17, 15) is 18.0 Å². The molecule has 21 heavy (non-hydrogen) atoms. The molecule has 1 rings (SSSR count). The molecule has 2 N–H and O–H groups in total. The molecule has 0 unspecified atom stereocenters. The maximum Gasteiger partial charge on any atom is 0.417 e. The second kappa shape index (κ2) is 6.95. The summed E-state index contributed by atoms with van der Waals surface area (Å²) in [6.07, 6.45) is -4.87. The number of alkyl halides is 3. The smallest absolute Gasteiger partial charge is 0.417 e. The van der Waals surface area contributed by atoms with Crippen LogP contribution in [0.1, 0.15) is 29.8 Å². The topological polar surface area (TPSA) is 74.4 Å². The van der Waals surface area contributed by atoms with Crippen LogP contribution in [0, 0.1) is 0 Å². The van der Waals surface area contributed by atoms with Crippen LogP contribution < -0.4 is 10.5 Å². The maximum atomic E-state index is 12.9. The number of nitrogens with zero attached hydrogens (tertiary/aromatic N) is 1. The predicted molar refractivity (Wildman–Crippen MR) is 69.3 cm³/mol. The number of pyridine rings is 1. The van der Waals surface area contributed by atoms with Gasteiger partial charge in [-0.2, -0.15) is 13.2 Å². The van der Waals surface area contributed by atoms with E-state index in [0.717, 1.165) is 0 Å². The SMILES string of the molecule is CC(C)OCCOc1nc(Cl)cc(C(F)(F)F)c1C(N)=O. The highest BCUT2D eigenvalue weighted by Gasteiger charge is 2.37. The average molecular weight is 327 g/mol. The Bertz CT molecular complexity index is 521. The van der Waals surface area contributed by atoms with Crippen molar-refractivity contribution >= 4 is 17.5 Å². The van der Waals surface area contributed by atoms with Crippen LogP contribution in [0.2, 0.25) is 5.15 Å². The number of hydrogen-bond acceptors (Lipinski definition) is 4. The fraction of sp³-hybridized carbons (Fsp3) is 0.500. The highest BCUT2D eigenvalue weighted by molar-refractivity contribution is 6.29. The van der Waals surface area contributed by atoms with E-state index in [2.05, 4.69) is 4.98 Å². The fourth-order valence-electron chi connectivity index (χ4n) is 1.48. The van der Waals surface area contributed by atoms with E-state index >= 15 is 0 Å². The first-order valence-corrected chi connectivity index (χ1v) is 6.32. The quantitative estimate of drug-likeness (QED) is 0.644. The first kappa shape index (κ1) is 17.5. The van der Waals surface area contributed by atoms with Crippen molar-refractivity contribution in [2.24, 2.45) is 5.73 Å². The van der Waals surface area contributed by atoms with Crippen LogP contribution >= 0.6 is 11.6 Å². The Labute approximate surface area is 124 Å². The van der Waals surface area contributed by atoms with E-state index in [1.807, 2.05) is 0 Å². The van der Waals surface area contributed by atoms with Crippen LogP contribution in [0.3, 0.4) is 0 Å². The van der Waals surface area contributed by atoms with Crippen molar-refractivity contribution < 1.29 is 27.4 Å². The number of rotatable bonds is 6. The van der Waals surface area contributed by atoms with Gasteiger partial charge in [0.1, 0.15) is 17.3 Å². The van der Waals surface area contributed by atoms with Crippen LogP contribution in [0.15, 0.2) is 6.07 Å². The van der Waals surface area contributed by atoms with Gasteiger partial charge in [-0.1, -0.05) is 11.6 Å². The molecule has 0 aliphatic rings. The van der Waals surface area contributed by atoms with E-state index in [-0.39, 0.29) is 19.3 Å². The average Bonchev–Trinajstić information content (AvgIpc) is 2.32. The predicted octanol–water partition coefficient (Wildman–Crippen LogP) is 2.66. The summed E-state index contributed by atoms with van der Waals surface area (Å²) >= 11 is 5.52. The highest BCUT2D eigenvalue weighted by Crippen LogP contribution is 2.36. The number of aromatic nitrogens is 1. The van der Waals surface area contributed by atoms with E-state index in [1.165, 1.54) is 0 Å². The third-order valence-electron chi connectivity index (χ3n) is 2.28. The molecule has 1 heterocycles. The molecule has 118 valence electrons. The Kier molecular flexibility index (Phi) is 5.79. The second-order valence-electron chi connectivity index (χ2n) is 4.30. The molecule has 0 radical (unpaired) electrons. The maximum absolute atomic E-state index is 12.9. The molecule has 0 aromatic carbocycles. The number of halogens is 4. The van der Waals surface area contributed by atoms with Gasteiger partial charge >= 0.3 is 6.18 Å². The van der Waals surface area contributed by atoms with Crippen LogP contribution in [0.4, 0.5) is 13.2 Å². The van der Waals surface area contributed by atoms with E-state index in [4.69, 9.17) is 26.8 Å². The molecule has 0 spiro atoms. The lowest BCUT2D eigenvalue weighted by Gasteiger charge is -2.15. The normalized spacial score (nSPS) is 11.8. The van der Waals surface area contributed by atoms with Crippen LogP contribution in [0.25, 0.3) is 0 Å². The molecule has 9 heteroatoms. The zero-order valence-corrected chi connectivity index (χ0v) is 12.1. The van der Waals surface area contributed by atoms with E-state index in [1.54, 1.807) is 13.8 Å². The lowest BCUT2D eigenvalue weighted by molar-refractivity contribution is -0.138. The zero-order valence-electron chi connectivity index (χ0n) is 11.3. The molecule has 0 bridgehead atoms. The molecular formula is C12H14ClF3N2O3. The van der Waals surface area contributed by atoms with Gasteiger partial charge < -0.3 is 15.2 Å². The monoisotopic (exact) mass is 326 g/mol. The number of carbonyl (C=O) groups is 1. The molecule has 0 saturated heterocycles. The number of nitrogens with two attached hydrogens (primary N) is 1. The minimum atomic E-state index is -4.80. The Morgan fingerprint density at radius 1 is 1.43 bits per heavy atom. The number of hydrogen-bond donors (Lipinski definition) is 1. The fourth-order valence-corrected chi connectivity index (χ4v) is 1.67. The first-order chi connectivity index (χ1) is 9.62. The lowest BCUT2D eigenvalue weighted by Crippen LogP contribution is -2.22. The molecule has 0 fully saturated rings. The molecular weight excluding hydrogens is 313 g/mol. The third kappa shape index (κ3) is 5.05. The van der Waals surface area contributed by atoms with Crippen molar-refractivity contribution in [2.45, 2.75) is 26.1 Å². The lowest BCUT2D eigenvalue weighted by atomic mass is 10.1. The van der Waals surface area contributed by atoms with Crippen molar-refractivity contribution in [2.75, 3.05) is 13.2 Å². The molecule has 0 aliphatic heterocycles. The summed E-state index contributed by atoms with van der Waals surface area (Å²) in [5.74, 6) is -1.86. The summed E-state index contributed by atoms with van der Waals surface area (Å²) in [5.41, 5.74) is 2.85. The Morgan fingerprint density at radius 2 is 2.05 bits per heavy atom. The number of amides is 1.